The second kappa shape index (κ2) is 3.96. The number of rotatable bonds is 5. The summed E-state index contributed by atoms with van der Waals surface area (Å²) >= 11 is 0. The second-order valence-corrected chi connectivity index (χ2v) is 6.32. The van der Waals surface area contributed by atoms with Gasteiger partial charge in [-0.1, -0.05) is 13.8 Å². The van der Waals surface area contributed by atoms with Crippen molar-refractivity contribution in [2.24, 2.45) is 11.7 Å². The fraction of sp³-hybridized carbons (Fsp3) is 1.00. The Bertz CT molecular complexity index is 257. The number of sulfone groups is 1. The molecule has 0 amide bonds. The molecule has 0 aliphatic heterocycles. The summed E-state index contributed by atoms with van der Waals surface area (Å²) in [6.07, 6.45) is 2.86. The molecule has 1 saturated carbocycles. The molecule has 0 aromatic rings. The van der Waals surface area contributed by atoms with E-state index in [1.165, 1.54) is 0 Å². The van der Waals surface area contributed by atoms with Crippen LogP contribution in [0.1, 0.15) is 33.1 Å². The van der Waals surface area contributed by atoms with E-state index in [0.717, 1.165) is 12.8 Å². The predicted octanol–water partition coefficient (Wildman–Crippen LogP) is 0.937. The highest BCUT2D eigenvalue weighted by atomic mass is 32.2. The Morgan fingerprint density at radius 1 is 1.38 bits per heavy atom. The zero-order valence-corrected chi connectivity index (χ0v) is 9.18. The normalized spacial score (nSPS) is 22.7. The van der Waals surface area contributed by atoms with Gasteiger partial charge in [-0.25, -0.2) is 8.42 Å². The van der Waals surface area contributed by atoms with E-state index in [-0.39, 0.29) is 17.0 Å². The van der Waals surface area contributed by atoms with Crippen LogP contribution in [0, 0.1) is 5.92 Å². The third-order valence-corrected chi connectivity index (χ3v) is 5.24. The highest BCUT2D eigenvalue weighted by Crippen LogP contribution is 2.35. The Morgan fingerprint density at radius 3 is 2.23 bits per heavy atom. The summed E-state index contributed by atoms with van der Waals surface area (Å²) in [6.45, 7) is 3.59. The van der Waals surface area contributed by atoms with Crippen molar-refractivity contribution in [3.8, 4) is 0 Å². The van der Waals surface area contributed by atoms with E-state index in [1.807, 2.05) is 6.92 Å². The van der Waals surface area contributed by atoms with Gasteiger partial charge in [-0.05, 0) is 25.2 Å². The summed E-state index contributed by atoms with van der Waals surface area (Å²) in [5, 5.41) is -0.315. The van der Waals surface area contributed by atoms with E-state index in [4.69, 9.17) is 5.73 Å². The first kappa shape index (κ1) is 11.0. The lowest BCUT2D eigenvalue weighted by atomic mass is 10.1. The molecule has 0 aromatic carbocycles. The summed E-state index contributed by atoms with van der Waals surface area (Å²) in [6, 6.07) is -0.130. The van der Waals surface area contributed by atoms with Crippen molar-refractivity contribution in [1.29, 1.82) is 0 Å². The Balaban J connectivity index is 2.71. The molecule has 0 saturated heterocycles. The first-order chi connectivity index (χ1) is 6.03. The van der Waals surface area contributed by atoms with Gasteiger partial charge >= 0.3 is 0 Å². The molecule has 78 valence electrons. The SMILES string of the molecule is CC[C@H]([C@@H](N)C1CC1)S(=O)(=O)CC. The van der Waals surface area contributed by atoms with Gasteiger partial charge in [-0.15, -0.1) is 0 Å². The van der Waals surface area contributed by atoms with Crippen LogP contribution in [0.5, 0.6) is 0 Å². The van der Waals surface area contributed by atoms with E-state index >= 15 is 0 Å². The predicted molar refractivity (Wildman–Crippen MR) is 54.2 cm³/mol. The molecule has 0 radical (unpaired) electrons. The molecule has 1 rings (SSSR count). The third-order valence-electron chi connectivity index (χ3n) is 2.86. The maximum absolute atomic E-state index is 11.6. The van der Waals surface area contributed by atoms with Gasteiger partial charge in [0.2, 0.25) is 0 Å². The third kappa shape index (κ3) is 2.44. The summed E-state index contributed by atoms with van der Waals surface area (Å²) in [7, 11) is -2.94. The van der Waals surface area contributed by atoms with E-state index in [0.29, 0.717) is 12.3 Å². The van der Waals surface area contributed by atoms with Gasteiger partial charge < -0.3 is 5.73 Å². The van der Waals surface area contributed by atoms with Gasteiger partial charge in [-0.3, -0.25) is 0 Å². The van der Waals surface area contributed by atoms with Crippen LogP contribution in [0.2, 0.25) is 0 Å². The fourth-order valence-corrected chi connectivity index (χ4v) is 3.40. The van der Waals surface area contributed by atoms with E-state index < -0.39 is 9.84 Å². The Hall–Kier alpha value is -0.0900. The van der Waals surface area contributed by atoms with E-state index in [1.54, 1.807) is 6.92 Å². The number of hydrogen-bond donors (Lipinski definition) is 1. The zero-order valence-electron chi connectivity index (χ0n) is 8.36. The van der Waals surface area contributed by atoms with Crippen LogP contribution >= 0.6 is 0 Å². The zero-order chi connectivity index (χ0) is 10.1. The molecule has 3 nitrogen and oxygen atoms in total. The highest BCUT2D eigenvalue weighted by molar-refractivity contribution is 7.92. The lowest BCUT2D eigenvalue weighted by Gasteiger charge is -2.21. The molecule has 1 aliphatic carbocycles. The Labute approximate surface area is 80.6 Å². The van der Waals surface area contributed by atoms with Gasteiger partial charge in [0, 0.05) is 11.8 Å². The minimum atomic E-state index is -2.94. The average molecular weight is 205 g/mol. The molecule has 0 spiro atoms. The smallest absolute Gasteiger partial charge is 0.154 e. The summed E-state index contributed by atoms with van der Waals surface area (Å²) < 4.78 is 23.2. The summed E-state index contributed by atoms with van der Waals surface area (Å²) in [5.74, 6) is 0.678. The number of nitrogens with two attached hydrogens (primary N) is 1. The van der Waals surface area contributed by atoms with Crippen molar-refractivity contribution in [2.75, 3.05) is 5.75 Å². The van der Waals surface area contributed by atoms with Crippen molar-refractivity contribution in [2.45, 2.75) is 44.4 Å². The molecule has 0 aromatic heterocycles. The van der Waals surface area contributed by atoms with Gasteiger partial charge in [-0.2, -0.15) is 0 Å². The van der Waals surface area contributed by atoms with Crippen LogP contribution in [-0.4, -0.2) is 25.5 Å². The van der Waals surface area contributed by atoms with Crippen LogP contribution in [-0.2, 0) is 9.84 Å². The molecular formula is C9H19NO2S. The lowest BCUT2D eigenvalue weighted by molar-refractivity contribution is 0.509. The van der Waals surface area contributed by atoms with Crippen LogP contribution in [0.3, 0.4) is 0 Å². The first-order valence-electron chi connectivity index (χ1n) is 5.00. The van der Waals surface area contributed by atoms with Crippen molar-refractivity contribution in [3.63, 3.8) is 0 Å². The monoisotopic (exact) mass is 205 g/mol. The van der Waals surface area contributed by atoms with Crippen molar-refractivity contribution in [3.05, 3.63) is 0 Å². The van der Waals surface area contributed by atoms with Crippen molar-refractivity contribution < 1.29 is 8.42 Å². The molecule has 1 aliphatic rings. The van der Waals surface area contributed by atoms with Gasteiger partial charge in [0.25, 0.3) is 0 Å². The van der Waals surface area contributed by atoms with Crippen LogP contribution in [0.15, 0.2) is 0 Å². The molecule has 0 unspecified atom stereocenters. The van der Waals surface area contributed by atoms with Gasteiger partial charge in [0.05, 0.1) is 5.25 Å². The number of hydrogen-bond acceptors (Lipinski definition) is 3. The first-order valence-corrected chi connectivity index (χ1v) is 6.71. The highest BCUT2D eigenvalue weighted by Gasteiger charge is 2.38. The maximum atomic E-state index is 11.6. The minimum absolute atomic E-state index is 0.130. The quantitative estimate of drug-likeness (QED) is 0.726. The molecule has 2 atom stereocenters. The van der Waals surface area contributed by atoms with Crippen molar-refractivity contribution >= 4 is 9.84 Å². The van der Waals surface area contributed by atoms with E-state index in [2.05, 4.69) is 0 Å². The van der Waals surface area contributed by atoms with Crippen LogP contribution in [0.4, 0.5) is 0 Å². The Morgan fingerprint density at radius 2 is 1.92 bits per heavy atom. The summed E-state index contributed by atoms with van der Waals surface area (Å²) in [5.41, 5.74) is 5.92. The van der Waals surface area contributed by atoms with Crippen LogP contribution < -0.4 is 5.73 Å². The van der Waals surface area contributed by atoms with Crippen molar-refractivity contribution in [1.82, 2.24) is 0 Å². The van der Waals surface area contributed by atoms with E-state index in [9.17, 15) is 8.42 Å². The summed E-state index contributed by atoms with van der Waals surface area (Å²) in [4.78, 5) is 0. The maximum Gasteiger partial charge on any atom is 0.154 e. The topological polar surface area (TPSA) is 60.2 Å². The largest absolute Gasteiger partial charge is 0.326 e. The lowest BCUT2D eigenvalue weighted by Crippen LogP contribution is -2.42. The standard InChI is InChI=1S/C9H19NO2S/c1-3-8(13(11,12)4-2)9(10)7-5-6-7/h7-9H,3-6,10H2,1-2H3/t8-,9+/m1/s1. The minimum Gasteiger partial charge on any atom is -0.326 e. The Kier molecular flexibility index (Phi) is 3.35. The fourth-order valence-electron chi connectivity index (χ4n) is 1.76. The van der Waals surface area contributed by atoms with Gasteiger partial charge in [0.15, 0.2) is 9.84 Å². The average Bonchev–Trinajstić information content (AvgIpc) is 2.87. The molecule has 4 heteroatoms. The molecule has 1 fully saturated rings. The molecule has 0 heterocycles. The van der Waals surface area contributed by atoms with Crippen LogP contribution in [0.25, 0.3) is 0 Å². The second-order valence-electron chi connectivity index (χ2n) is 3.81. The molecule has 2 N–H and O–H groups in total. The molecule has 13 heavy (non-hydrogen) atoms. The molecular weight excluding hydrogens is 186 g/mol. The van der Waals surface area contributed by atoms with Gasteiger partial charge in [0.1, 0.15) is 0 Å². The molecule has 0 bridgehead atoms.